The van der Waals surface area contributed by atoms with Gasteiger partial charge in [-0.3, -0.25) is 0 Å². The number of carboxylic acid groups (broad SMARTS) is 1. The summed E-state index contributed by atoms with van der Waals surface area (Å²) in [5.41, 5.74) is 5.91. The first kappa shape index (κ1) is 24.5. The SMILES string of the molecule is CS(=O)(=O)c1cccc(C(=NCC(=Nc2ccccc2Cl)/C(Br)=C(\N)C(=O)O)ON)c1. The van der Waals surface area contributed by atoms with E-state index in [1.165, 1.54) is 18.2 Å². The molecule has 0 radical (unpaired) electrons. The molecular weight excluding hydrogens is 512 g/mol. The van der Waals surface area contributed by atoms with E-state index in [2.05, 4.69) is 25.9 Å². The van der Waals surface area contributed by atoms with E-state index in [0.29, 0.717) is 16.3 Å². The minimum absolute atomic E-state index is 0.00933. The number of nitrogens with two attached hydrogens (primary N) is 2. The fourth-order valence-electron chi connectivity index (χ4n) is 2.29. The number of sulfone groups is 1. The quantitative estimate of drug-likeness (QED) is 0.215. The second-order valence-corrected chi connectivity index (χ2v) is 9.30. The van der Waals surface area contributed by atoms with Crippen LogP contribution < -0.4 is 11.6 Å². The van der Waals surface area contributed by atoms with Crippen LogP contribution in [0.3, 0.4) is 0 Å². The average Bonchev–Trinajstić information content (AvgIpc) is 2.73. The summed E-state index contributed by atoms with van der Waals surface area (Å²) >= 11 is 9.28. The van der Waals surface area contributed by atoms with E-state index in [0.717, 1.165) is 6.26 Å². The van der Waals surface area contributed by atoms with E-state index in [-0.39, 0.29) is 27.5 Å². The van der Waals surface area contributed by atoms with E-state index in [9.17, 15) is 18.3 Å². The predicted octanol–water partition coefficient (Wildman–Crippen LogP) is 2.80. The summed E-state index contributed by atoms with van der Waals surface area (Å²) in [5, 5.41) is 9.53. The maximum Gasteiger partial charge on any atom is 0.352 e. The van der Waals surface area contributed by atoms with Crippen molar-refractivity contribution < 1.29 is 23.2 Å². The number of nitrogens with zero attached hydrogens (tertiary/aromatic N) is 2. The molecule has 0 aromatic heterocycles. The monoisotopic (exact) mass is 528 g/mol. The Labute approximate surface area is 192 Å². The van der Waals surface area contributed by atoms with Gasteiger partial charge in [0.2, 0.25) is 5.90 Å². The van der Waals surface area contributed by atoms with Crippen LogP contribution in [0, 0.1) is 0 Å². The summed E-state index contributed by atoms with van der Waals surface area (Å²) in [6.45, 7) is -0.213. The Balaban J connectivity index is 2.53. The highest BCUT2D eigenvalue weighted by Gasteiger charge is 2.16. The van der Waals surface area contributed by atoms with Gasteiger partial charge in [0.25, 0.3) is 0 Å². The number of para-hydroxylation sites is 1. The van der Waals surface area contributed by atoms with Crippen molar-refractivity contribution in [1.82, 2.24) is 0 Å². The van der Waals surface area contributed by atoms with Gasteiger partial charge in [-0.15, -0.1) is 0 Å². The molecule has 9 nitrogen and oxygen atoms in total. The van der Waals surface area contributed by atoms with Crippen LogP contribution >= 0.6 is 27.5 Å². The van der Waals surface area contributed by atoms with Crippen LogP contribution in [0.25, 0.3) is 0 Å². The second kappa shape index (κ2) is 10.5. The third kappa shape index (κ3) is 6.62. The smallest absolute Gasteiger partial charge is 0.352 e. The summed E-state index contributed by atoms with van der Waals surface area (Å²) < 4.78 is 23.6. The first-order valence-electron chi connectivity index (χ1n) is 8.47. The van der Waals surface area contributed by atoms with Crippen LogP contribution in [0.4, 0.5) is 5.69 Å². The zero-order valence-corrected chi connectivity index (χ0v) is 19.3. The lowest BCUT2D eigenvalue weighted by Gasteiger charge is -2.09. The second-order valence-electron chi connectivity index (χ2n) is 6.08. The Bertz CT molecular complexity index is 1200. The zero-order valence-electron chi connectivity index (χ0n) is 16.1. The molecule has 0 amide bonds. The lowest BCUT2D eigenvalue weighted by Crippen LogP contribution is -2.19. The summed E-state index contributed by atoms with van der Waals surface area (Å²) in [6.07, 6.45) is 1.07. The molecule has 0 saturated carbocycles. The number of halogens is 2. The molecule has 2 aromatic rings. The molecule has 31 heavy (non-hydrogen) atoms. The molecule has 5 N–H and O–H groups in total. The Morgan fingerprint density at radius 1 is 1.23 bits per heavy atom. The summed E-state index contributed by atoms with van der Waals surface area (Å²) in [7, 11) is -3.46. The largest absolute Gasteiger partial charge is 0.477 e. The lowest BCUT2D eigenvalue weighted by molar-refractivity contribution is -0.132. The maximum absolute atomic E-state index is 11.8. The molecular formula is C19H18BrClN4O5S. The van der Waals surface area contributed by atoms with Crippen LogP contribution in [-0.2, 0) is 19.5 Å². The van der Waals surface area contributed by atoms with Crippen molar-refractivity contribution in [2.75, 3.05) is 12.8 Å². The fourth-order valence-corrected chi connectivity index (χ4v) is 3.52. The molecule has 0 aliphatic heterocycles. The van der Waals surface area contributed by atoms with Crippen LogP contribution in [-0.4, -0.2) is 43.9 Å². The Kier molecular flexibility index (Phi) is 8.34. The van der Waals surface area contributed by atoms with Crippen molar-refractivity contribution in [2.45, 2.75) is 4.90 Å². The van der Waals surface area contributed by atoms with Crippen LogP contribution in [0.5, 0.6) is 0 Å². The summed E-state index contributed by atoms with van der Waals surface area (Å²) in [6, 6.07) is 12.5. The topological polar surface area (TPSA) is 157 Å². The first-order valence-corrected chi connectivity index (χ1v) is 11.5. The molecule has 0 unspecified atom stereocenters. The normalized spacial score (nSPS) is 13.5. The summed E-state index contributed by atoms with van der Waals surface area (Å²) in [4.78, 5) is 24.7. The third-order valence-corrected chi connectivity index (χ3v) is 6.14. The van der Waals surface area contributed by atoms with E-state index in [1.54, 1.807) is 30.3 Å². The minimum atomic E-state index is -3.46. The number of rotatable bonds is 7. The van der Waals surface area contributed by atoms with Crippen molar-refractivity contribution in [2.24, 2.45) is 21.6 Å². The molecule has 0 bridgehead atoms. The van der Waals surface area contributed by atoms with Crippen LogP contribution in [0.15, 0.2) is 73.6 Å². The van der Waals surface area contributed by atoms with Crippen LogP contribution in [0.2, 0.25) is 5.02 Å². The molecule has 2 aromatic carbocycles. The highest BCUT2D eigenvalue weighted by Crippen LogP contribution is 2.26. The number of carbonyl (C=O) groups is 1. The molecule has 0 aliphatic rings. The minimum Gasteiger partial charge on any atom is -0.477 e. The number of hydrogen-bond donors (Lipinski definition) is 3. The van der Waals surface area contributed by atoms with Gasteiger partial charge in [-0.2, -0.15) is 5.90 Å². The fraction of sp³-hybridized carbons (Fsp3) is 0.105. The van der Waals surface area contributed by atoms with E-state index in [4.69, 9.17) is 28.1 Å². The summed E-state index contributed by atoms with van der Waals surface area (Å²) in [5.74, 6) is 3.87. The molecule has 12 heteroatoms. The first-order chi connectivity index (χ1) is 14.5. The van der Waals surface area contributed by atoms with Crippen molar-refractivity contribution in [1.29, 1.82) is 0 Å². The van der Waals surface area contributed by atoms with Gasteiger partial charge < -0.3 is 15.7 Å². The molecule has 0 spiro atoms. The molecule has 0 atom stereocenters. The van der Waals surface area contributed by atoms with Gasteiger partial charge in [0.05, 0.1) is 32.3 Å². The number of carboxylic acids is 1. The molecule has 0 aliphatic carbocycles. The van der Waals surface area contributed by atoms with Gasteiger partial charge in [0.1, 0.15) is 5.70 Å². The number of hydrogen-bond acceptors (Lipinski definition) is 8. The molecule has 0 saturated heterocycles. The average molecular weight is 530 g/mol. The Morgan fingerprint density at radius 3 is 2.48 bits per heavy atom. The van der Waals surface area contributed by atoms with Gasteiger partial charge in [0, 0.05) is 11.8 Å². The third-order valence-electron chi connectivity index (χ3n) is 3.82. The molecule has 2 rings (SSSR count). The van der Waals surface area contributed by atoms with Crippen molar-refractivity contribution in [3.8, 4) is 0 Å². The van der Waals surface area contributed by atoms with E-state index < -0.39 is 21.5 Å². The Hall–Kier alpha value is -2.73. The molecule has 164 valence electrons. The van der Waals surface area contributed by atoms with Gasteiger partial charge in [0.15, 0.2) is 9.84 Å². The van der Waals surface area contributed by atoms with Gasteiger partial charge >= 0.3 is 5.97 Å². The number of aliphatic imine (C=N–C) groups is 2. The Morgan fingerprint density at radius 2 is 1.90 bits per heavy atom. The number of aliphatic carboxylic acids is 1. The standard InChI is InChI=1S/C19H18BrClN4O5S/c1-31(28,29)12-6-4-5-11(9-12)18(30-23)24-10-15(16(20)17(22)19(26)27)25-14-8-3-2-7-13(14)21/h2-9H,10,22-23H2,1H3,(H,26,27)/b17-16+,24-18?,25-15?. The lowest BCUT2D eigenvalue weighted by atomic mass is 10.2. The highest BCUT2D eigenvalue weighted by molar-refractivity contribution is 9.12. The van der Waals surface area contributed by atoms with Crippen molar-refractivity contribution >= 4 is 60.6 Å². The van der Waals surface area contributed by atoms with E-state index in [1.807, 2.05) is 0 Å². The predicted molar refractivity (Wildman–Crippen MR) is 123 cm³/mol. The zero-order chi connectivity index (χ0) is 23.2. The maximum atomic E-state index is 11.8. The van der Waals surface area contributed by atoms with Crippen molar-refractivity contribution in [3.63, 3.8) is 0 Å². The van der Waals surface area contributed by atoms with E-state index >= 15 is 0 Å². The number of benzene rings is 2. The highest BCUT2D eigenvalue weighted by atomic mass is 79.9. The van der Waals surface area contributed by atoms with Gasteiger partial charge in [-0.25, -0.2) is 23.2 Å². The molecule has 0 heterocycles. The van der Waals surface area contributed by atoms with Crippen LogP contribution in [0.1, 0.15) is 5.56 Å². The van der Waals surface area contributed by atoms with Gasteiger partial charge in [-0.05, 0) is 46.3 Å². The van der Waals surface area contributed by atoms with Gasteiger partial charge in [-0.1, -0.05) is 29.8 Å². The van der Waals surface area contributed by atoms with Crippen molar-refractivity contribution in [3.05, 3.63) is 69.3 Å². The molecule has 0 fully saturated rings.